The molecule has 3 rings (SSSR count). The van der Waals surface area contributed by atoms with Crippen molar-refractivity contribution in [2.75, 3.05) is 20.1 Å². The first kappa shape index (κ1) is 14.0. The van der Waals surface area contributed by atoms with Gasteiger partial charge in [-0.1, -0.05) is 6.42 Å². The fraction of sp³-hybridized carbons (Fsp3) is 0.562. The number of hydrogen-bond acceptors (Lipinski definition) is 3. The average molecular weight is 287 g/mol. The number of carbonyl (C=O) groups is 2. The lowest BCUT2D eigenvalue weighted by Gasteiger charge is -2.30. The number of carbonyl (C=O) groups excluding carboxylic acids is 2. The Labute approximate surface area is 124 Å². The topological polar surface area (TPSA) is 62.3 Å². The summed E-state index contributed by atoms with van der Waals surface area (Å²) in [6.45, 7) is 1.45. The SMILES string of the molecule is CNC(=O)[C@H]1CCC[C@]12CCN(C(=O)c1ccncc1)C2. The van der Waals surface area contributed by atoms with Crippen molar-refractivity contribution >= 4 is 11.8 Å². The van der Waals surface area contributed by atoms with Gasteiger partial charge in [-0.25, -0.2) is 0 Å². The molecule has 2 fully saturated rings. The molecule has 1 spiro atoms. The molecule has 5 nitrogen and oxygen atoms in total. The van der Waals surface area contributed by atoms with Gasteiger partial charge < -0.3 is 10.2 Å². The summed E-state index contributed by atoms with van der Waals surface area (Å²) in [5, 5.41) is 2.78. The van der Waals surface area contributed by atoms with Gasteiger partial charge in [-0.15, -0.1) is 0 Å². The van der Waals surface area contributed by atoms with Crippen LogP contribution in [-0.4, -0.2) is 41.8 Å². The normalized spacial score (nSPS) is 28.0. The number of likely N-dealkylation sites (tertiary alicyclic amines) is 1. The highest BCUT2D eigenvalue weighted by molar-refractivity contribution is 5.94. The van der Waals surface area contributed by atoms with E-state index in [2.05, 4.69) is 10.3 Å². The zero-order valence-electron chi connectivity index (χ0n) is 12.3. The predicted octanol–water partition coefficient (Wildman–Crippen LogP) is 1.46. The van der Waals surface area contributed by atoms with Crippen LogP contribution in [0.1, 0.15) is 36.0 Å². The molecular weight excluding hydrogens is 266 g/mol. The third kappa shape index (κ3) is 2.41. The minimum Gasteiger partial charge on any atom is -0.359 e. The maximum Gasteiger partial charge on any atom is 0.253 e. The molecule has 2 atom stereocenters. The van der Waals surface area contributed by atoms with Crippen LogP contribution in [0.2, 0.25) is 0 Å². The number of nitrogens with one attached hydrogen (secondary N) is 1. The molecule has 0 unspecified atom stereocenters. The molecule has 2 heterocycles. The van der Waals surface area contributed by atoms with Gasteiger partial charge >= 0.3 is 0 Å². The molecule has 1 aliphatic carbocycles. The van der Waals surface area contributed by atoms with Gasteiger partial charge in [0.25, 0.3) is 5.91 Å². The van der Waals surface area contributed by atoms with E-state index in [-0.39, 0.29) is 23.1 Å². The van der Waals surface area contributed by atoms with Gasteiger partial charge in [0.1, 0.15) is 0 Å². The molecule has 1 N–H and O–H groups in total. The van der Waals surface area contributed by atoms with Crippen LogP contribution in [0.3, 0.4) is 0 Å². The number of amides is 2. The summed E-state index contributed by atoms with van der Waals surface area (Å²) in [5.41, 5.74) is 0.666. The summed E-state index contributed by atoms with van der Waals surface area (Å²) in [6.07, 6.45) is 7.28. The summed E-state index contributed by atoms with van der Waals surface area (Å²) >= 11 is 0. The largest absolute Gasteiger partial charge is 0.359 e. The first-order valence-electron chi connectivity index (χ1n) is 7.57. The van der Waals surface area contributed by atoms with E-state index in [1.54, 1.807) is 31.6 Å². The van der Waals surface area contributed by atoms with Gasteiger partial charge in [-0.2, -0.15) is 0 Å². The lowest BCUT2D eigenvalue weighted by Crippen LogP contribution is -2.40. The summed E-state index contributed by atoms with van der Waals surface area (Å²) in [4.78, 5) is 30.5. The summed E-state index contributed by atoms with van der Waals surface area (Å²) in [5.74, 6) is 0.236. The molecule has 112 valence electrons. The van der Waals surface area contributed by atoms with Crippen molar-refractivity contribution in [3.05, 3.63) is 30.1 Å². The molecule has 2 aliphatic rings. The summed E-state index contributed by atoms with van der Waals surface area (Å²) in [7, 11) is 1.70. The highest BCUT2D eigenvalue weighted by atomic mass is 16.2. The summed E-state index contributed by atoms with van der Waals surface area (Å²) < 4.78 is 0. The highest BCUT2D eigenvalue weighted by Gasteiger charge is 2.51. The number of aromatic nitrogens is 1. The molecule has 1 saturated carbocycles. The van der Waals surface area contributed by atoms with Gasteiger partial charge in [-0.05, 0) is 31.4 Å². The molecule has 0 bridgehead atoms. The minimum absolute atomic E-state index is 0.0111. The van der Waals surface area contributed by atoms with E-state index in [9.17, 15) is 9.59 Å². The van der Waals surface area contributed by atoms with E-state index >= 15 is 0 Å². The zero-order chi connectivity index (χ0) is 14.9. The number of hydrogen-bond donors (Lipinski definition) is 1. The fourth-order valence-corrected chi connectivity index (χ4v) is 3.96. The Morgan fingerprint density at radius 3 is 2.81 bits per heavy atom. The van der Waals surface area contributed by atoms with Crippen LogP contribution in [0.5, 0.6) is 0 Å². The lowest BCUT2D eigenvalue weighted by molar-refractivity contribution is -0.127. The third-order valence-electron chi connectivity index (χ3n) is 5.07. The van der Waals surface area contributed by atoms with Crippen LogP contribution in [0.15, 0.2) is 24.5 Å². The van der Waals surface area contributed by atoms with E-state index in [1.165, 1.54) is 0 Å². The molecular formula is C16H21N3O2. The van der Waals surface area contributed by atoms with Crippen molar-refractivity contribution in [3.8, 4) is 0 Å². The Morgan fingerprint density at radius 1 is 1.33 bits per heavy atom. The molecule has 2 amide bonds. The molecule has 0 aromatic carbocycles. The second-order valence-electron chi connectivity index (χ2n) is 6.13. The Morgan fingerprint density at radius 2 is 2.10 bits per heavy atom. The van der Waals surface area contributed by atoms with Crippen molar-refractivity contribution < 1.29 is 9.59 Å². The number of pyridine rings is 1. The Balaban J connectivity index is 1.76. The van der Waals surface area contributed by atoms with Crippen molar-refractivity contribution in [2.45, 2.75) is 25.7 Å². The van der Waals surface area contributed by atoms with Crippen LogP contribution in [0.25, 0.3) is 0 Å². The molecule has 0 radical (unpaired) electrons. The molecule has 1 aromatic heterocycles. The zero-order valence-corrected chi connectivity index (χ0v) is 12.3. The van der Waals surface area contributed by atoms with Crippen LogP contribution < -0.4 is 5.32 Å². The predicted molar refractivity (Wildman–Crippen MR) is 78.6 cm³/mol. The molecule has 1 saturated heterocycles. The van der Waals surface area contributed by atoms with Crippen LogP contribution >= 0.6 is 0 Å². The maximum atomic E-state index is 12.5. The molecule has 5 heteroatoms. The van der Waals surface area contributed by atoms with E-state index < -0.39 is 0 Å². The molecule has 21 heavy (non-hydrogen) atoms. The van der Waals surface area contributed by atoms with Crippen molar-refractivity contribution in [3.63, 3.8) is 0 Å². The van der Waals surface area contributed by atoms with Crippen LogP contribution in [-0.2, 0) is 4.79 Å². The lowest BCUT2D eigenvalue weighted by atomic mass is 9.76. The van der Waals surface area contributed by atoms with Gasteiger partial charge in [-0.3, -0.25) is 14.6 Å². The third-order valence-corrected chi connectivity index (χ3v) is 5.07. The quantitative estimate of drug-likeness (QED) is 0.895. The number of nitrogens with zero attached hydrogens (tertiary/aromatic N) is 2. The highest BCUT2D eigenvalue weighted by Crippen LogP contribution is 2.49. The first-order valence-corrected chi connectivity index (χ1v) is 7.57. The summed E-state index contributed by atoms with van der Waals surface area (Å²) in [6, 6.07) is 3.50. The van der Waals surface area contributed by atoms with Gasteiger partial charge in [0.05, 0.1) is 0 Å². The van der Waals surface area contributed by atoms with Crippen molar-refractivity contribution in [1.29, 1.82) is 0 Å². The first-order chi connectivity index (χ1) is 10.2. The van der Waals surface area contributed by atoms with E-state index in [1.807, 2.05) is 4.90 Å². The van der Waals surface area contributed by atoms with Crippen LogP contribution in [0, 0.1) is 11.3 Å². The minimum atomic E-state index is -0.0111. The molecule has 1 aliphatic heterocycles. The maximum absolute atomic E-state index is 12.5. The Hall–Kier alpha value is -1.91. The molecule has 1 aromatic rings. The van der Waals surface area contributed by atoms with Crippen molar-refractivity contribution in [2.24, 2.45) is 11.3 Å². The van der Waals surface area contributed by atoms with Gasteiger partial charge in [0.2, 0.25) is 5.91 Å². The van der Waals surface area contributed by atoms with Crippen molar-refractivity contribution in [1.82, 2.24) is 15.2 Å². The van der Waals surface area contributed by atoms with Gasteiger partial charge in [0.15, 0.2) is 0 Å². The van der Waals surface area contributed by atoms with Crippen LogP contribution in [0.4, 0.5) is 0 Å². The van der Waals surface area contributed by atoms with E-state index in [0.29, 0.717) is 12.1 Å². The second-order valence-corrected chi connectivity index (χ2v) is 6.13. The number of rotatable bonds is 2. The Bertz CT molecular complexity index is 546. The van der Waals surface area contributed by atoms with E-state index in [0.717, 1.165) is 32.2 Å². The standard InChI is InChI=1S/C16H21N3O2/c1-17-14(20)13-3-2-6-16(13)7-10-19(11-16)15(21)12-4-8-18-9-5-12/h4-5,8-9,13H,2-3,6-7,10-11H2,1H3,(H,17,20)/t13-,16-/m1/s1. The smallest absolute Gasteiger partial charge is 0.253 e. The van der Waals surface area contributed by atoms with Gasteiger partial charge in [0, 0.05) is 49.4 Å². The van der Waals surface area contributed by atoms with E-state index in [4.69, 9.17) is 0 Å². The Kier molecular flexibility index (Phi) is 3.66. The second kappa shape index (κ2) is 5.47. The monoisotopic (exact) mass is 287 g/mol. The average Bonchev–Trinajstić information content (AvgIpc) is 3.14. The fourth-order valence-electron chi connectivity index (χ4n) is 3.96.